The SMILES string of the molecule is CCCC(I)C(I)(I)C(O)(O)O. The van der Waals surface area contributed by atoms with E-state index in [1.807, 2.05) is 52.1 Å². The molecule has 0 rings (SSSR count). The Hall–Kier alpha value is 2.07. The van der Waals surface area contributed by atoms with E-state index < -0.39 is 7.40 Å². The number of rotatable bonds is 4. The summed E-state index contributed by atoms with van der Waals surface area (Å²) < 4.78 is -0.944. The van der Waals surface area contributed by atoms with Gasteiger partial charge in [0.1, 0.15) is 0 Å². The maximum atomic E-state index is 9.03. The van der Waals surface area contributed by atoms with E-state index in [0.717, 1.165) is 12.8 Å². The molecule has 6 heteroatoms. The normalized spacial score (nSPS) is 16.2. The Labute approximate surface area is 113 Å². The van der Waals surface area contributed by atoms with Gasteiger partial charge in [0.2, 0.25) is 0 Å². The van der Waals surface area contributed by atoms with Crippen LogP contribution in [0.25, 0.3) is 0 Å². The lowest BCUT2D eigenvalue weighted by atomic mass is 10.2. The first-order chi connectivity index (χ1) is 5.23. The van der Waals surface area contributed by atoms with Crippen LogP contribution in [0.2, 0.25) is 0 Å². The van der Waals surface area contributed by atoms with E-state index in [4.69, 9.17) is 15.3 Å². The van der Waals surface area contributed by atoms with Gasteiger partial charge in [-0.15, -0.1) is 0 Å². The van der Waals surface area contributed by atoms with Crippen molar-refractivity contribution in [3.8, 4) is 0 Å². The van der Waals surface area contributed by atoms with Gasteiger partial charge in [0.15, 0.2) is 1.43 Å². The standard InChI is InChI=1S/C6H11I3O3/c1-2-3-4(7)5(8,9)6(10,11)12/h4,10-12H,2-3H2,1H3. The van der Waals surface area contributed by atoms with Crippen LogP contribution in [-0.4, -0.2) is 26.6 Å². The first kappa shape index (κ1) is 14.1. The van der Waals surface area contributed by atoms with Crippen molar-refractivity contribution in [1.82, 2.24) is 0 Å². The lowest BCUT2D eigenvalue weighted by Crippen LogP contribution is -2.50. The lowest BCUT2D eigenvalue weighted by Gasteiger charge is -2.33. The van der Waals surface area contributed by atoms with Gasteiger partial charge in [0, 0.05) is 3.92 Å². The largest absolute Gasteiger partial charge is 0.342 e. The Balaban J connectivity index is 4.38. The van der Waals surface area contributed by atoms with Gasteiger partial charge in [-0.2, -0.15) is 0 Å². The molecule has 74 valence electrons. The van der Waals surface area contributed by atoms with E-state index in [9.17, 15) is 0 Å². The highest BCUT2D eigenvalue weighted by atomic mass is 127. The molecule has 1 atom stereocenters. The molecule has 0 fully saturated rings. The van der Waals surface area contributed by atoms with Crippen molar-refractivity contribution in [3.05, 3.63) is 0 Å². The Morgan fingerprint density at radius 2 is 1.67 bits per heavy atom. The van der Waals surface area contributed by atoms with Crippen LogP contribution in [0.1, 0.15) is 19.8 Å². The van der Waals surface area contributed by atoms with E-state index in [0.29, 0.717) is 0 Å². The lowest BCUT2D eigenvalue weighted by molar-refractivity contribution is -0.309. The van der Waals surface area contributed by atoms with Crippen molar-refractivity contribution in [2.45, 2.75) is 31.1 Å². The topological polar surface area (TPSA) is 60.7 Å². The van der Waals surface area contributed by atoms with Crippen LogP contribution >= 0.6 is 67.8 Å². The van der Waals surface area contributed by atoms with Gasteiger partial charge in [0.25, 0.3) is 0 Å². The molecular weight excluding hydrogens is 501 g/mol. The summed E-state index contributed by atoms with van der Waals surface area (Å²) in [6.07, 6.45) is 1.80. The second-order valence-corrected chi connectivity index (χ2v) is 9.49. The molecule has 0 aliphatic heterocycles. The van der Waals surface area contributed by atoms with E-state index in [-0.39, 0.29) is 3.92 Å². The van der Waals surface area contributed by atoms with Gasteiger partial charge in [0.05, 0.1) is 0 Å². The fourth-order valence-corrected chi connectivity index (χ4v) is 2.31. The van der Waals surface area contributed by atoms with Gasteiger partial charge >= 0.3 is 5.97 Å². The van der Waals surface area contributed by atoms with Crippen LogP contribution in [0.3, 0.4) is 0 Å². The summed E-state index contributed by atoms with van der Waals surface area (Å²) in [7, 11) is 0. The zero-order chi connectivity index (χ0) is 9.99. The number of halogens is 3. The van der Waals surface area contributed by atoms with Crippen molar-refractivity contribution >= 4 is 67.8 Å². The molecule has 0 bridgehead atoms. The Morgan fingerprint density at radius 3 is 1.92 bits per heavy atom. The third kappa shape index (κ3) is 3.67. The third-order valence-corrected chi connectivity index (χ3v) is 8.27. The quantitative estimate of drug-likeness (QED) is 0.306. The van der Waals surface area contributed by atoms with Crippen molar-refractivity contribution in [3.63, 3.8) is 0 Å². The predicted octanol–water partition coefficient (Wildman–Crippen LogP) is 1.79. The molecule has 0 aliphatic carbocycles. The molecule has 0 amide bonds. The van der Waals surface area contributed by atoms with Gasteiger partial charge in [-0.05, 0) is 6.42 Å². The van der Waals surface area contributed by atoms with Gasteiger partial charge in [-0.3, -0.25) is 0 Å². The average Bonchev–Trinajstić information content (AvgIpc) is 1.85. The highest BCUT2D eigenvalue weighted by Crippen LogP contribution is 2.44. The number of aliphatic hydroxyl groups is 3. The van der Waals surface area contributed by atoms with Gasteiger partial charge in [-0.25, -0.2) is 0 Å². The monoisotopic (exact) mass is 512 g/mol. The van der Waals surface area contributed by atoms with Crippen LogP contribution in [-0.2, 0) is 0 Å². The van der Waals surface area contributed by atoms with E-state index >= 15 is 0 Å². The molecule has 0 spiro atoms. The fraction of sp³-hybridized carbons (Fsp3) is 1.00. The summed E-state index contributed by atoms with van der Waals surface area (Å²) >= 11 is 5.84. The minimum absolute atomic E-state index is 0.0151. The third-order valence-electron chi connectivity index (χ3n) is 1.38. The first-order valence-electron chi connectivity index (χ1n) is 3.42. The second-order valence-electron chi connectivity index (χ2n) is 2.51. The van der Waals surface area contributed by atoms with Crippen LogP contribution < -0.4 is 0 Å². The van der Waals surface area contributed by atoms with Crippen molar-refractivity contribution in [1.29, 1.82) is 0 Å². The minimum Gasteiger partial charge on any atom is -0.342 e. The smallest absolute Gasteiger partial charge is 0.301 e. The molecule has 0 aromatic carbocycles. The molecule has 1 unspecified atom stereocenters. The molecule has 3 nitrogen and oxygen atoms in total. The molecule has 0 radical (unpaired) electrons. The van der Waals surface area contributed by atoms with E-state index in [2.05, 4.69) is 22.6 Å². The zero-order valence-corrected chi connectivity index (χ0v) is 12.9. The average molecular weight is 512 g/mol. The maximum absolute atomic E-state index is 9.03. The van der Waals surface area contributed by atoms with Crippen LogP contribution in [0.5, 0.6) is 0 Å². The summed E-state index contributed by atoms with van der Waals surface area (Å²) in [5.41, 5.74) is 0. The molecule has 12 heavy (non-hydrogen) atoms. The van der Waals surface area contributed by atoms with Crippen LogP contribution in [0.15, 0.2) is 0 Å². The number of hydrogen-bond acceptors (Lipinski definition) is 3. The van der Waals surface area contributed by atoms with Crippen molar-refractivity contribution in [2.75, 3.05) is 0 Å². The molecule has 0 saturated heterocycles. The molecule has 3 N–H and O–H groups in total. The van der Waals surface area contributed by atoms with E-state index in [1.54, 1.807) is 0 Å². The molecular formula is C6H11I3O3. The van der Waals surface area contributed by atoms with Gasteiger partial charge < -0.3 is 15.3 Å². The summed E-state index contributed by atoms with van der Waals surface area (Å²) in [5.74, 6) is -2.62. The Bertz CT molecular complexity index is 143. The van der Waals surface area contributed by atoms with Crippen molar-refractivity contribution < 1.29 is 15.3 Å². The number of hydrogen-bond donors (Lipinski definition) is 3. The van der Waals surface area contributed by atoms with E-state index in [1.165, 1.54) is 0 Å². The molecule has 0 aromatic heterocycles. The number of alkyl halides is 3. The zero-order valence-electron chi connectivity index (χ0n) is 6.47. The minimum atomic E-state index is -2.62. The summed E-state index contributed by atoms with van der Waals surface area (Å²) in [5, 5.41) is 27.1. The van der Waals surface area contributed by atoms with Crippen LogP contribution in [0.4, 0.5) is 0 Å². The summed E-state index contributed by atoms with van der Waals surface area (Å²) in [6.45, 7) is 2.02. The molecule has 0 aliphatic rings. The van der Waals surface area contributed by atoms with Crippen molar-refractivity contribution in [2.24, 2.45) is 0 Å². The second kappa shape index (κ2) is 5.24. The fourth-order valence-electron chi connectivity index (χ4n) is 0.645. The highest BCUT2D eigenvalue weighted by molar-refractivity contribution is 14.2. The first-order valence-corrected chi connectivity index (χ1v) is 6.82. The van der Waals surface area contributed by atoms with Gasteiger partial charge in [-0.1, -0.05) is 81.1 Å². The Morgan fingerprint density at radius 1 is 1.25 bits per heavy atom. The van der Waals surface area contributed by atoms with Crippen LogP contribution in [0, 0.1) is 0 Å². The summed E-state index contributed by atoms with van der Waals surface area (Å²) in [6, 6.07) is 0. The highest BCUT2D eigenvalue weighted by Gasteiger charge is 2.49. The maximum Gasteiger partial charge on any atom is 0.301 e. The molecule has 0 heterocycles. The molecule has 0 saturated carbocycles. The Kier molecular flexibility index (Phi) is 6.14. The summed E-state index contributed by atoms with van der Waals surface area (Å²) in [4.78, 5) is 0. The predicted molar refractivity (Wildman–Crippen MR) is 72.9 cm³/mol. The molecule has 0 aromatic rings.